The zero-order valence-electron chi connectivity index (χ0n) is 8.05. The Bertz CT molecular complexity index is 621. The van der Waals surface area contributed by atoms with Crippen molar-refractivity contribution in [3.8, 4) is 0 Å². The molecule has 17 heavy (non-hydrogen) atoms. The fourth-order valence-electron chi connectivity index (χ4n) is 1.26. The van der Waals surface area contributed by atoms with Crippen molar-refractivity contribution in [3.63, 3.8) is 0 Å². The summed E-state index contributed by atoms with van der Waals surface area (Å²) in [7, 11) is 0. The second-order valence-corrected chi connectivity index (χ2v) is 4.67. The molecule has 0 unspecified atom stereocenters. The van der Waals surface area contributed by atoms with Gasteiger partial charge in [-0.2, -0.15) is 13.2 Å². The van der Waals surface area contributed by atoms with Crippen LogP contribution in [0.25, 0.3) is 11.0 Å². The Hall–Kier alpha value is -1.14. The number of fused-ring (bicyclic) bond motifs is 1. The number of hydrogen-bond donors (Lipinski definition) is 0. The van der Waals surface area contributed by atoms with Gasteiger partial charge < -0.3 is 4.42 Å². The molecular formula is C10H4ClF3O2S. The molecule has 1 heterocycles. The van der Waals surface area contributed by atoms with E-state index in [0.717, 1.165) is 6.07 Å². The molecule has 7 heteroatoms. The molecule has 2 aromatic rings. The van der Waals surface area contributed by atoms with Crippen LogP contribution in [0.1, 0.15) is 0 Å². The number of benzene rings is 1. The first kappa shape index (κ1) is 12.3. The molecule has 2 rings (SSSR count). The molecule has 90 valence electrons. The minimum Gasteiger partial charge on any atom is -0.422 e. The lowest BCUT2D eigenvalue weighted by atomic mass is 10.2. The molecule has 0 spiro atoms. The van der Waals surface area contributed by atoms with E-state index in [1.807, 2.05) is 0 Å². The molecule has 2 nitrogen and oxygen atoms in total. The number of alkyl halides is 3. The predicted molar refractivity (Wildman–Crippen MR) is 59.4 cm³/mol. The molecule has 0 aliphatic carbocycles. The van der Waals surface area contributed by atoms with Crippen molar-refractivity contribution in [2.75, 3.05) is 0 Å². The van der Waals surface area contributed by atoms with Gasteiger partial charge in [0.15, 0.2) is 0 Å². The van der Waals surface area contributed by atoms with Gasteiger partial charge in [0.05, 0.1) is 0 Å². The lowest BCUT2D eigenvalue weighted by molar-refractivity contribution is -0.0329. The summed E-state index contributed by atoms with van der Waals surface area (Å²) in [6.45, 7) is 0. The smallest absolute Gasteiger partial charge is 0.422 e. The van der Waals surface area contributed by atoms with E-state index in [4.69, 9.17) is 16.0 Å². The average molecular weight is 281 g/mol. The van der Waals surface area contributed by atoms with Gasteiger partial charge in [0.1, 0.15) is 10.5 Å². The van der Waals surface area contributed by atoms with Gasteiger partial charge in [-0.1, -0.05) is 11.6 Å². The third kappa shape index (κ3) is 2.95. The van der Waals surface area contributed by atoms with Gasteiger partial charge in [0.2, 0.25) is 0 Å². The number of hydrogen-bond acceptors (Lipinski definition) is 3. The van der Waals surface area contributed by atoms with E-state index in [0.29, 0.717) is 10.4 Å². The van der Waals surface area contributed by atoms with Crippen LogP contribution in [0.4, 0.5) is 13.2 Å². The molecular weight excluding hydrogens is 277 g/mol. The Morgan fingerprint density at radius 2 is 1.94 bits per heavy atom. The second kappa shape index (κ2) is 4.27. The van der Waals surface area contributed by atoms with E-state index in [9.17, 15) is 18.0 Å². The summed E-state index contributed by atoms with van der Waals surface area (Å²) < 4.78 is 41.2. The van der Waals surface area contributed by atoms with Crippen molar-refractivity contribution in [2.45, 2.75) is 10.4 Å². The highest BCUT2D eigenvalue weighted by Gasteiger charge is 2.31. The van der Waals surface area contributed by atoms with Crippen LogP contribution in [0, 0.1) is 0 Å². The summed E-state index contributed by atoms with van der Waals surface area (Å²) in [6, 6.07) is 5.50. The van der Waals surface area contributed by atoms with Crippen LogP contribution >= 0.6 is 23.4 Å². The Labute approximate surface area is 102 Å². The van der Waals surface area contributed by atoms with E-state index in [1.54, 1.807) is 0 Å². The topological polar surface area (TPSA) is 30.2 Å². The predicted octanol–water partition coefficient (Wildman–Crippen LogP) is 4.06. The van der Waals surface area contributed by atoms with Crippen LogP contribution in [-0.2, 0) is 0 Å². The summed E-state index contributed by atoms with van der Waals surface area (Å²) in [5.74, 6) is 0. The van der Waals surface area contributed by atoms with Crippen LogP contribution in [0.3, 0.4) is 0 Å². The van der Waals surface area contributed by atoms with Gasteiger partial charge in [0.25, 0.3) is 0 Å². The van der Waals surface area contributed by atoms with Crippen LogP contribution in [0.5, 0.6) is 0 Å². The van der Waals surface area contributed by atoms with Crippen LogP contribution in [0.2, 0.25) is 5.02 Å². The summed E-state index contributed by atoms with van der Waals surface area (Å²) in [6.07, 6.45) is 0. The summed E-state index contributed by atoms with van der Waals surface area (Å²) >= 11 is 5.18. The minimum atomic E-state index is -4.52. The Kier molecular flexibility index (Phi) is 3.09. The Balaban J connectivity index is 2.56. The van der Waals surface area contributed by atoms with Crippen molar-refractivity contribution in [2.24, 2.45) is 0 Å². The molecule has 0 bridgehead atoms. The zero-order chi connectivity index (χ0) is 12.6. The van der Waals surface area contributed by atoms with Crippen molar-refractivity contribution in [1.29, 1.82) is 0 Å². The highest BCUT2D eigenvalue weighted by atomic mass is 35.5. The van der Waals surface area contributed by atoms with Gasteiger partial charge in [-0.05, 0) is 30.0 Å². The molecule has 0 aliphatic heterocycles. The van der Waals surface area contributed by atoms with Crippen LogP contribution in [0.15, 0.2) is 38.4 Å². The molecule has 0 atom stereocenters. The first-order chi connectivity index (χ1) is 7.85. The van der Waals surface area contributed by atoms with Crippen molar-refractivity contribution in [1.82, 2.24) is 0 Å². The third-order valence-corrected chi connectivity index (χ3v) is 2.86. The normalized spacial score (nSPS) is 12.0. The number of halogens is 4. The van der Waals surface area contributed by atoms with Gasteiger partial charge in [0, 0.05) is 16.5 Å². The second-order valence-electron chi connectivity index (χ2n) is 3.13. The van der Waals surface area contributed by atoms with E-state index in [2.05, 4.69) is 0 Å². The quantitative estimate of drug-likeness (QED) is 0.583. The SMILES string of the molecule is O=c1oc2cc(Cl)ccc2cc1SC(F)(F)F. The fourth-order valence-corrected chi connectivity index (χ4v) is 1.98. The molecule has 1 aromatic heterocycles. The molecule has 0 radical (unpaired) electrons. The zero-order valence-corrected chi connectivity index (χ0v) is 9.62. The molecule has 0 saturated carbocycles. The minimum absolute atomic E-state index is 0.161. The highest BCUT2D eigenvalue weighted by molar-refractivity contribution is 8.00. The van der Waals surface area contributed by atoms with Gasteiger partial charge in [-0.15, -0.1) is 0 Å². The largest absolute Gasteiger partial charge is 0.446 e. The summed E-state index contributed by atoms with van der Waals surface area (Å²) in [5, 5.41) is 0.734. The number of rotatable bonds is 1. The van der Waals surface area contributed by atoms with E-state index >= 15 is 0 Å². The maximum atomic E-state index is 12.1. The van der Waals surface area contributed by atoms with Gasteiger partial charge >= 0.3 is 11.1 Å². The van der Waals surface area contributed by atoms with Gasteiger partial charge in [-0.25, -0.2) is 4.79 Å². The molecule has 0 fully saturated rings. The molecule has 1 aromatic carbocycles. The van der Waals surface area contributed by atoms with Crippen molar-refractivity contribution >= 4 is 34.3 Å². The average Bonchev–Trinajstić information content (AvgIpc) is 2.17. The Morgan fingerprint density at radius 3 is 2.59 bits per heavy atom. The fraction of sp³-hybridized carbons (Fsp3) is 0.100. The van der Waals surface area contributed by atoms with Crippen molar-refractivity contribution < 1.29 is 17.6 Å². The molecule has 0 amide bonds. The van der Waals surface area contributed by atoms with Crippen molar-refractivity contribution in [3.05, 3.63) is 39.7 Å². The van der Waals surface area contributed by atoms with E-state index in [-0.39, 0.29) is 5.58 Å². The van der Waals surface area contributed by atoms with Crippen LogP contribution < -0.4 is 5.63 Å². The van der Waals surface area contributed by atoms with Crippen LogP contribution in [-0.4, -0.2) is 5.51 Å². The summed E-state index contributed by atoms with van der Waals surface area (Å²) in [5.41, 5.74) is -5.38. The maximum Gasteiger partial charge on any atom is 0.446 e. The molecule has 0 saturated heterocycles. The molecule has 0 N–H and O–H groups in total. The number of thioether (sulfide) groups is 1. The standard InChI is InChI=1S/C10H4ClF3O2S/c11-6-2-1-5-3-8(17-10(12,13)14)9(15)16-7(5)4-6/h1-4H. The lowest BCUT2D eigenvalue weighted by Crippen LogP contribution is -2.07. The third-order valence-electron chi connectivity index (χ3n) is 1.89. The van der Waals surface area contributed by atoms with E-state index in [1.165, 1.54) is 18.2 Å². The van der Waals surface area contributed by atoms with Gasteiger partial charge in [-0.3, -0.25) is 0 Å². The maximum absolute atomic E-state index is 12.1. The lowest BCUT2D eigenvalue weighted by Gasteiger charge is -2.05. The summed E-state index contributed by atoms with van der Waals surface area (Å²) in [4.78, 5) is 10.8. The molecule has 0 aliphatic rings. The first-order valence-electron chi connectivity index (χ1n) is 4.34. The van der Waals surface area contributed by atoms with E-state index < -0.39 is 27.8 Å². The highest BCUT2D eigenvalue weighted by Crippen LogP contribution is 2.36. The Morgan fingerprint density at radius 1 is 1.24 bits per heavy atom. The monoisotopic (exact) mass is 280 g/mol. The first-order valence-corrected chi connectivity index (χ1v) is 5.54.